The third-order valence-corrected chi connectivity index (χ3v) is 8.85. The number of aliphatic imine (C=N–C) groups is 1. The van der Waals surface area contributed by atoms with Crippen LogP contribution in [0.2, 0.25) is 0 Å². The number of halogens is 3. The summed E-state index contributed by atoms with van der Waals surface area (Å²) in [5.74, 6) is -2.36. The van der Waals surface area contributed by atoms with Crippen molar-refractivity contribution in [2.75, 3.05) is 13.2 Å². The molecular weight excluding hydrogens is 553 g/mol. The second kappa shape index (κ2) is 10.7. The minimum absolute atomic E-state index is 0.0638. The summed E-state index contributed by atoms with van der Waals surface area (Å²) in [7, 11) is 0. The van der Waals surface area contributed by atoms with E-state index in [0.717, 1.165) is 24.6 Å². The van der Waals surface area contributed by atoms with Crippen LogP contribution in [0.3, 0.4) is 0 Å². The molecule has 13 heteroatoms. The maximum atomic E-state index is 13.9. The van der Waals surface area contributed by atoms with Crippen molar-refractivity contribution in [2.24, 2.45) is 28.5 Å². The van der Waals surface area contributed by atoms with Crippen LogP contribution in [0.25, 0.3) is 0 Å². The molecule has 0 radical (unpaired) electrons. The Kier molecular flexibility index (Phi) is 7.21. The number of alkyl halides is 3. The van der Waals surface area contributed by atoms with Gasteiger partial charge in [-0.1, -0.05) is 6.07 Å². The molecule has 10 nitrogen and oxygen atoms in total. The Morgan fingerprint density at radius 3 is 2.55 bits per heavy atom. The average molecular weight is 585 g/mol. The lowest BCUT2D eigenvalue weighted by Gasteiger charge is -2.37. The van der Waals surface area contributed by atoms with E-state index in [1.807, 2.05) is 0 Å². The van der Waals surface area contributed by atoms with E-state index in [0.29, 0.717) is 50.9 Å². The maximum absolute atomic E-state index is 13.9. The number of amides is 3. The highest BCUT2D eigenvalue weighted by Crippen LogP contribution is 2.49. The van der Waals surface area contributed by atoms with Crippen molar-refractivity contribution in [3.8, 4) is 6.07 Å². The summed E-state index contributed by atoms with van der Waals surface area (Å²) in [6, 6.07) is 4.10. The molecule has 3 heterocycles. The predicted octanol–water partition coefficient (Wildman–Crippen LogP) is 2.26. The molecular formula is C29H31F3N6O4. The largest absolute Gasteiger partial charge is 0.416 e. The molecule has 3 amide bonds. The molecule has 42 heavy (non-hydrogen) atoms. The first-order valence-electron chi connectivity index (χ1n) is 14.2. The Balaban J connectivity index is 1.37. The van der Waals surface area contributed by atoms with Crippen molar-refractivity contribution in [1.82, 2.24) is 15.5 Å². The van der Waals surface area contributed by atoms with Gasteiger partial charge in [0.1, 0.15) is 23.6 Å². The zero-order valence-electron chi connectivity index (χ0n) is 22.7. The van der Waals surface area contributed by atoms with Crippen molar-refractivity contribution in [2.45, 2.75) is 68.9 Å². The van der Waals surface area contributed by atoms with Crippen LogP contribution in [-0.2, 0) is 20.5 Å². The number of nitriles is 1. The molecule has 0 spiro atoms. The van der Waals surface area contributed by atoms with E-state index < -0.39 is 47.5 Å². The normalized spacial score (nSPS) is 31.7. The number of amidine groups is 1. The fraction of sp³-hybridized carbons (Fsp3) is 0.552. The SMILES string of the molecule is N#CC1CC2CC2N1C(=O)/C(N)=C1/C(=NC2CCOCC2)NC(=O)C(NC(=O)c2cccc(C(F)(F)F)c2)C1C1CC1. The number of carbonyl (C=O) groups excluding carboxylic acids is 3. The van der Waals surface area contributed by atoms with Crippen molar-refractivity contribution in [1.29, 1.82) is 5.26 Å². The van der Waals surface area contributed by atoms with Crippen LogP contribution in [-0.4, -0.2) is 65.8 Å². The summed E-state index contributed by atoms with van der Waals surface area (Å²) in [6.07, 6.45) is -0.637. The second-order valence-corrected chi connectivity index (χ2v) is 11.7. The molecule has 222 valence electrons. The van der Waals surface area contributed by atoms with Crippen molar-refractivity contribution in [3.63, 3.8) is 0 Å². The Bertz CT molecular complexity index is 1410. The van der Waals surface area contributed by atoms with Gasteiger partial charge in [-0.2, -0.15) is 18.4 Å². The Morgan fingerprint density at radius 2 is 1.88 bits per heavy atom. The molecule has 5 aliphatic rings. The second-order valence-electron chi connectivity index (χ2n) is 11.7. The van der Waals surface area contributed by atoms with Crippen LogP contribution in [0.5, 0.6) is 0 Å². The third-order valence-electron chi connectivity index (χ3n) is 8.85. The first-order chi connectivity index (χ1) is 20.1. The van der Waals surface area contributed by atoms with Gasteiger partial charge < -0.3 is 26.0 Å². The highest BCUT2D eigenvalue weighted by molar-refractivity contribution is 6.17. The summed E-state index contributed by atoms with van der Waals surface area (Å²) in [6.45, 7) is 0.983. The van der Waals surface area contributed by atoms with Gasteiger partial charge in [0.2, 0.25) is 5.91 Å². The van der Waals surface area contributed by atoms with Crippen LogP contribution in [0.4, 0.5) is 13.2 Å². The molecule has 6 rings (SSSR count). The van der Waals surface area contributed by atoms with Crippen molar-refractivity contribution in [3.05, 3.63) is 46.7 Å². The third kappa shape index (κ3) is 5.35. The molecule has 5 unspecified atom stereocenters. The van der Waals surface area contributed by atoms with Crippen LogP contribution in [0.15, 0.2) is 40.5 Å². The van der Waals surface area contributed by atoms with Gasteiger partial charge in [-0.05, 0) is 68.6 Å². The van der Waals surface area contributed by atoms with Gasteiger partial charge >= 0.3 is 6.18 Å². The van der Waals surface area contributed by atoms with E-state index in [2.05, 4.69) is 16.7 Å². The molecule has 0 aromatic heterocycles. The molecule has 4 N–H and O–H groups in total. The summed E-state index contributed by atoms with van der Waals surface area (Å²) in [5.41, 5.74) is 5.56. The lowest BCUT2D eigenvalue weighted by Crippen LogP contribution is -2.60. The number of benzene rings is 1. The van der Waals surface area contributed by atoms with Crippen LogP contribution < -0.4 is 16.4 Å². The van der Waals surface area contributed by atoms with Crippen LogP contribution in [0, 0.1) is 29.1 Å². The maximum Gasteiger partial charge on any atom is 0.416 e. The molecule has 2 saturated carbocycles. The number of piperidine rings is 2. The predicted molar refractivity (Wildman–Crippen MR) is 142 cm³/mol. The summed E-state index contributed by atoms with van der Waals surface area (Å²) in [5, 5.41) is 15.1. The zero-order valence-corrected chi connectivity index (χ0v) is 22.7. The Morgan fingerprint density at radius 1 is 1.14 bits per heavy atom. The van der Waals surface area contributed by atoms with Gasteiger partial charge in [-0.25, -0.2) is 0 Å². The molecule has 5 fully saturated rings. The number of nitrogens with two attached hydrogens (primary N) is 1. The highest BCUT2D eigenvalue weighted by atomic mass is 19.4. The number of fused-ring (bicyclic) bond motifs is 1. The standard InChI is InChI=1S/C29H31F3N6O4/c30-29(31,32)17-3-1-2-15(10-17)26(39)36-24-21(14-4-5-14)22(25(37-27(24)40)35-18-6-8-42-9-7-18)23(34)28(41)38-19(13-33)11-16-12-20(16)38/h1-3,10,14,16,18-21,24H,4-9,11-12,34H2,(H,36,39)(H,35,37,40)/b23-22-. The summed E-state index contributed by atoms with van der Waals surface area (Å²) < 4.78 is 45.3. The molecule has 3 saturated heterocycles. The topological polar surface area (TPSA) is 150 Å². The average Bonchev–Trinajstić information content (AvgIpc) is 3.91. The van der Waals surface area contributed by atoms with Gasteiger partial charge in [0.05, 0.1) is 17.7 Å². The van der Waals surface area contributed by atoms with Gasteiger partial charge in [0, 0.05) is 36.3 Å². The number of nitrogens with zero attached hydrogens (tertiary/aromatic N) is 3. The molecule has 0 bridgehead atoms. The van der Waals surface area contributed by atoms with Crippen LogP contribution >= 0.6 is 0 Å². The Labute approximate surface area is 240 Å². The quantitative estimate of drug-likeness (QED) is 0.452. The molecule has 3 aliphatic heterocycles. The zero-order chi connectivity index (χ0) is 29.8. The number of hydrogen-bond acceptors (Lipinski definition) is 7. The number of nitrogens with one attached hydrogen (secondary N) is 2. The minimum atomic E-state index is -4.65. The molecule has 1 aromatic carbocycles. The van der Waals surface area contributed by atoms with E-state index in [4.69, 9.17) is 15.5 Å². The highest BCUT2D eigenvalue weighted by Gasteiger charge is 2.56. The van der Waals surface area contributed by atoms with Gasteiger partial charge in [-0.15, -0.1) is 0 Å². The van der Waals surface area contributed by atoms with Gasteiger partial charge in [0.25, 0.3) is 11.8 Å². The van der Waals surface area contributed by atoms with E-state index in [-0.39, 0.29) is 41.0 Å². The van der Waals surface area contributed by atoms with Gasteiger partial charge in [0.15, 0.2) is 0 Å². The molecule has 5 atom stereocenters. The monoisotopic (exact) mass is 584 g/mol. The minimum Gasteiger partial charge on any atom is -0.394 e. The van der Waals surface area contributed by atoms with E-state index >= 15 is 0 Å². The molecule has 2 aliphatic carbocycles. The number of likely N-dealkylation sites (tertiary alicyclic amines) is 1. The van der Waals surface area contributed by atoms with E-state index in [1.165, 1.54) is 11.0 Å². The van der Waals surface area contributed by atoms with E-state index in [1.54, 1.807) is 0 Å². The van der Waals surface area contributed by atoms with Crippen molar-refractivity contribution < 1.29 is 32.3 Å². The summed E-state index contributed by atoms with van der Waals surface area (Å²) >= 11 is 0. The number of hydrogen-bond donors (Lipinski definition) is 3. The number of carbonyl (C=O) groups is 3. The first kappa shape index (κ1) is 28.2. The number of rotatable bonds is 5. The summed E-state index contributed by atoms with van der Waals surface area (Å²) in [4.78, 5) is 46.9. The first-order valence-corrected chi connectivity index (χ1v) is 14.2. The van der Waals surface area contributed by atoms with E-state index in [9.17, 15) is 32.8 Å². The van der Waals surface area contributed by atoms with Crippen molar-refractivity contribution >= 4 is 23.6 Å². The lowest BCUT2D eigenvalue weighted by molar-refractivity contribution is -0.137. The fourth-order valence-electron chi connectivity index (χ4n) is 6.45. The smallest absolute Gasteiger partial charge is 0.394 e. The lowest BCUT2D eigenvalue weighted by atomic mass is 9.80. The Hall–Kier alpha value is -3.92. The number of ether oxygens (including phenoxy) is 1. The van der Waals surface area contributed by atoms with Crippen LogP contribution in [0.1, 0.15) is 54.4 Å². The molecule has 1 aromatic rings. The van der Waals surface area contributed by atoms with Gasteiger partial charge in [-0.3, -0.25) is 19.4 Å². The fourth-order valence-corrected chi connectivity index (χ4v) is 6.45.